The number of aromatic nitrogens is 2. The summed E-state index contributed by atoms with van der Waals surface area (Å²) in [6, 6.07) is 19.1. The van der Waals surface area contributed by atoms with E-state index in [1.807, 2.05) is 81.4 Å². The summed E-state index contributed by atoms with van der Waals surface area (Å²) in [6.07, 6.45) is 0. The van der Waals surface area contributed by atoms with Crippen LogP contribution in [0.15, 0.2) is 60.7 Å². The molecule has 3 rings (SSSR count). The van der Waals surface area contributed by atoms with Crippen LogP contribution in [-0.2, 0) is 0 Å². The van der Waals surface area contributed by atoms with Gasteiger partial charge in [-0.1, -0.05) is 18.2 Å². The number of rotatable bonds is 4. The Morgan fingerprint density at radius 3 is 2.27 bits per heavy atom. The van der Waals surface area contributed by atoms with Gasteiger partial charge >= 0.3 is 0 Å². The standard InChI is InChI=1S/C21H23N3O2/c1-21(2,3)22-20(25)19-14-18(15-10-12-17(26-4)13-11-15)23-24(19)16-8-6-5-7-9-16/h5-14H,1-4H3,(H,22,25). The second kappa shape index (κ2) is 7.04. The second-order valence-corrected chi connectivity index (χ2v) is 7.09. The molecule has 5 nitrogen and oxygen atoms in total. The van der Waals surface area contributed by atoms with Crippen molar-refractivity contribution in [2.75, 3.05) is 7.11 Å². The molecule has 1 N–H and O–H groups in total. The molecule has 0 fully saturated rings. The van der Waals surface area contributed by atoms with Gasteiger partial charge in [-0.3, -0.25) is 4.79 Å². The molecule has 0 aliphatic heterocycles. The minimum atomic E-state index is -0.330. The number of para-hydroxylation sites is 1. The molecule has 0 aliphatic rings. The molecule has 0 unspecified atom stereocenters. The highest BCUT2D eigenvalue weighted by atomic mass is 16.5. The van der Waals surface area contributed by atoms with Gasteiger partial charge in [-0.25, -0.2) is 4.68 Å². The SMILES string of the molecule is COc1ccc(-c2cc(C(=O)NC(C)(C)C)n(-c3ccccc3)n2)cc1. The van der Waals surface area contributed by atoms with Gasteiger partial charge in [-0.05, 0) is 63.2 Å². The number of methoxy groups -OCH3 is 1. The molecule has 0 atom stereocenters. The molecule has 0 bridgehead atoms. The van der Waals surface area contributed by atoms with Crippen LogP contribution in [0.1, 0.15) is 31.3 Å². The number of nitrogens with zero attached hydrogens (tertiary/aromatic N) is 2. The number of amides is 1. The summed E-state index contributed by atoms with van der Waals surface area (Å²) < 4.78 is 6.89. The maximum Gasteiger partial charge on any atom is 0.270 e. The van der Waals surface area contributed by atoms with Gasteiger partial charge in [-0.15, -0.1) is 0 Å². The van der Waals surface area contributed by atoms with Crippen molar-refractivity contribution in [3.05, 3.63) is 66.4 Å². The zero-order chi connectivity index (χ0) is 18.7. The summed E-state index contributed by atoms with van der Waals surface area (Å²) in [7, 11) is 1.63. The Kier molecular flexibility index (Phi) is 4.80. The summed E-state index contributed by atoms with van der Waals surface area (Å²) in [5.41, 5.74) is 2.66. The molecule has 0 spiro atoms. The van der Waals surface area contributed by atoms with Crippen molar-refractivity contribution in [2.24, 2.45) is 0 Å². The van der Waals surface area contributed by atoms with E-state index in [2.05, 4.69) is 10.4 Å². The average Bonchev–Trinajstić information content (AvgIpc) is 3.07. The first-order valence-electron chi connectivity index (χ1n) is 8.50. The van der Waals surface area contributed by atoms with Crippen LogP contribution in [0.2, 0.25) is 0 Å². The molecule has 0 saturated carbocycles. The minimum Gasteiger partial charge on any atom is -0.497 e. The summed E-state index contributed by atoms with van der Waals surface area (Å²) >= 11 is 0. The predicted octanol–water partition coefficient (Wildman–Crippen LogP) is 4.08. The van der Waals surface area contributed by atoms with Gasteiger partial charge < -0.3 is 10.1 Å². The Balaban J connectivity index is 2.06. The third-order valence-corrected chi connectivity index (χ3v) is 3.82. The number of benzene rings is 2. The average molecular weight is 349 g/mol. The van der Waals surface area contributed by atoms with E-state index in [1.54, 1.807) is 11.8 Å². The van der Waals surface area contributed by atoms with E-state index in [1.165, 1.54) is 0 Å². The molecule has 1 heterocycles. The van der Waals surface area contributed by atoms with E-state index in [-0.39, 0.29) is 11.4 Å². The molecule has 1 aromatic heterocycles. The maximum absolute atomic E-state index is 12.8. The van der Waals surface area contributed by atoms with Crippen LogP contribution in [0.3, 0.4) is 0 Å². The van der Waals surface area contributed by atoms with Crippen molar-refractivity contribution in [3.63, 3.8) is 0 Å². The lowest BCUT2D eigenvalue weighted by Gasteiger charge is -2.20. The Morgan fingerprint density at radius 2 is 1.69 bits per heavy atom. The van der Waals surface area contributed by atoms with Gasteiger partial charge in [-0.2, -0.15) is 5.10 Å². The molecule has 3 aromatic rings. The van der Waals surface area contributed by atoms with Crippen molar-refractivity contribution in [3.8, 4) is 22.7 Å². The number of carbonyl (C=O) groups is 1. The molecular weight excluding hydrogens is 326 g/mol. The molecule has 0 radical (unpaired) electrons. The van der Waals surface area contributed by atoms with Crippen LogP contribution in [0.25, 0.3) is 16.9 Å². The number of hydrogen-bond acceptors (Lipinski definition) is 3. The number of ether oxygens (including phenoxy) is 1. The highest BCUT2D eigenvalue weighted by Gasteiger charge is 2.21. The van der Waals surface area contributed by atoms with Gasteiger partial charge in [0.05, 0.1) is 18.5 Å². The van der Waals surface area contributed by atoms with Gasteiger partial charge in [0.1, 0.15) is 11.4 Å². The molecule has 0 saturated heterocycles. The molecular formula is C21H23N3O2. The largest absolute Gasteiger partial charge is 0.497 e. The van der Waals surface area contributed by atoms with Crippen LogP contribution in [-0.4, -0.2) is 28.3 Å². The van der Waals surface area contributed by atoms with E-state index in [0.29, 0.717) is 5.69 Å². The van der Waals surface area contributed by atoms with E-state index in [9.17, 15) is 4.79 Å². The highest BCUT2D eigenvalue weighted by molar-refractivity contribution is 5.94. The Morgan fingerprint density at radius 1 is 1.04 bits per heavy atom. The van der Waals surface area contributed by atoms with Crippen molar-refractivity contribution in [1.29, 1.82) is 0 Å². The first kappa shape index (κ1) is 17.7. The fraction of sp³-hybridized carbons (Fsp3) is 0.238. The lowest BCUT2D eigenvalue weighted by molar-refractivity contribution is 0.0911. The second-order valence-electron chi connectivity index (χ2n) is 7.09. The fourth-order valence-corrected chi connectivity index (χ4v) is 2.62. The monoisotopic (exact) mass is 349 g/mol. The maximum atomic E-state index is 12.8. The summed E-state index contributed by atoms with van der Waals surface area (Å²) in [4.78, 5) is 12.8. The third-order valence-electron chi connectivity index (χ3n) is 3.82. The molecule has 5 heteroatoms. The lowest BCUT2D eigenvalue weighted by atomic mass is 10.1. The van der Waals surface area contributed by atoms with E-state index in [0.717, 1.165) is 22.7 Å². The first-order chi connectivity index (χ1) is 12.4. The highest BCUT2D eigenvalue weighted by Crippen LogP contribution is 2.24. The molecule has 0 aliphatic carbocycles. The van der Waals surface area contributed by atoms with Crippen molar-refractivity contribution in [2.45, 2.75) is 26.3 Å². The Labute approximate surface area is 153 Å². The first-order valence-corrected chi connectivity index (χ1v) is 8.50. The minimum absolute atomic E-state index is 0.159. The van der Waals surface area contributed by atoms with Crippen LogP contribution >= 0.6 is 0 Å². The van der Waals surface area contributed by atoms with E-state index < -0.39 is 0 Å². The van der Waals surface area contributed by atoms with Crippen molar-refractivity contribution in [1.82, 2.24) is 15.1 Å². The normalized spacial score (nSPS) is 11.2. The quantitative estimate of drug-likeness (QED) is 0.772. The predicted molar refractivity (Wildman–Crippen MR) is 103 cm³/mol. The smallest absolute Gasteiger partial charge is 0.270 e. The summed E-state index contributed by atoms with van der Waals surface area (Å²) in [6.45, 7) is 5.87. The molecule has 134 valence electrons. The van der Waals surface area contributed by atoms with Crippen LogP contribution < -0.4 is 10.1 Å². The number of nitrogens with one attached hydrogen (secondary N) is 1. The van der Waals surface area contributed by atoms with E-state index >= 15 is 0 Å². The van der Waals surface area contributed by atoms with Gasteiger partial charge in [0, 0.05) is 11.1 Å². The van der Waals surface area contributed by atoms with Gasteiger partial charge in [0.2, 0.25) is 0 Å². The number of hydrogen-bond donors (Lipinski definition) is 1. The van der Waals surface area contributed by atoms with Gasteiger partial charge in [0.15, 0.2) is 0 Å². The van der Waals surface area contributed by atoms with Crippen molar-refractivity contribution >= 4 is 5.91 Å². The van der Waals surface area contributed by atoms with Crippen LogP contribution in [0, 0.1) is 0 Å². The third kappa shape index (κ3) is 3.94. The Hall–Kier alpha value is -3.08. The zero-order valence-electron chi connectivity index (χ0n) is 15.5. The fourth-order valence-electron chi connectivity index (χ4n) is 2.62. The van der Waals surface area contributed by atoms with Crippen molar-refractivity contribution < 1.29 is 9.53 Å². The van der Waals surface area contributed by atoms with Gasteiger partial charge in [0.25, 0.3) is 5.91 Å². The van der Waals surface area contributed by atoms with Crippen LogP contribution in [0.4, 0.5) is 0 Å². The topological polar surface area (TPSA) is 56.1 Å². The molecule has 26 heavy (non-hydrogen) atoms. The summed E-state index contributed by atoms with van der Waals surface area (Å²) in [5, 5.41) is 7.68. The van der Waals surface area contributed by atoms with E-state index in [4.69, 9.17) is 4.74 Å². The molecule has 2 aromatic carbocycles. The molecule has 1 amide bonds. The number of carbonyl (C=O) groups excluding carboxylic acids is 1. The zero-order valence-corrected chi connectivity index (χ0v) is 15.5. The Bertz CT molecular complexity index is 891. The summed E-state index contributed by atoms with van der Waals surface area (Å²) in [5.74, 6) is 0.621. The lowest BCUT2D eigenvalue weighted by Crippen LogP contribution is -2.41. The van der Waals surface area contributed by atoms with Crippen LogP contribution in [0.5, 0.6) is 5.75 Å².